The smallest absolute Gasteiger partial charge is 0.156 e. The fourth-order valence-corrected chi connectivity index (χ4v) is 7.16. The molecule has 4 nitrogen and oxygen atoms in total. The zero-order valence-electron chi connectivity index (χ0n) is 16.6. The first-order valence-corrected chi connectivity index (χ1v) is 12.0. The van der Waals surface area contributed by atoms with Crippen LogP contribution in [0.4, 0.5) is 0 Å². The molecule has 0 N–H and O–H groups in total. The van der Waals surface area contributed by atoms with Gasteiger partial charge in [0.25, 0.3) is 0 Å². The van der Waals surface area contributed by atoms with E-state index in [-0.39, 0.29) is 22.7 Å². The van der Waals surface area contributed by atoms with Crippen molar-refractivity contribution in [1.29, 1.82) is 0 Å². The summed E-state index contributed by atoms with van der Waals surface area (Å²) < 4.78 is 38.2. The summed E-state index contributed by atoms with van der Waals surface area (Å²) in [6, 6.07) is 0. The van der Waals surface area contributed by atoms with Crippen LogP contribution in [0.5, 0.6) is 0 Å². The van der Waals surface area contributed by atoms with E-state index in [0.717, 1.165) is 64.6 Å². The second-order valence-corrected chi connectivity index (χ2v) is 10.7. The van der Waals surface area contributed by atoms with Crippen LogP contribution in [-0.2, 0) is 19.3 Å². The van der Waals surface area contributed by atoms with Gasteiger partial charge in [-0.05, 0) is 63.2 Å². The van der Waals surface area contributed by atoms with Crippen LogP contribution in [-0.4, -0.2) is 44.3 Å². The Labute approximate surface area is 155 Å². The first-order valence-electron chi connectivity index (χ1n) is 10.4. The number of sulfone groups is 1. The van der Waals surface area contributed by atoms with Gasteiger partial charge in [-0.2, -0.15) is 0 Å². The van der Waals surface area contributed by atoms with E-state index >= 15 is 0 Å². The largest absolute Gasteiger partial charge is 0.378 e. The highest BCUT2D eigenvalue weighted by atomic mass is 32.2. The molecule has 0 aliphatic heterocycles. The molecule has 0 spiro atoms. The fourth-order valence-electron chi connectivity index (χ4n) is 4.54. The molecule has 0 amide bonds. The normalized spacial score (nSPS) is 37.1. The summed E-state index contributed by atoms with van der Waals surface area (Å²) in [4.78, 5) is 0. The molecule has 0 bridgehead atoms. The predicted octanol–water partition coefficient (Wildman–Crippen LogP) is 4.37. The Morgan fingerprint density at radius 1 is 0.760 bits per heavy atom. The lowest BCUT2D eigenvalue weighted by molar-refractivity contribution is -0.00606. The summed E-state index contributed by atoms with van der Waals surface area (Å²) in [5, 5.41) is -0.344. The van der Waals surface area contributed by atoms with Crippen LogP contribution in [0, 0.1) is 11.8 Å². The molecule has 2 rings (SSSR count). The van der Waals surface area contributed by atoms with E-state index in [9.17, 15) is 8.42 Å². The molecule has 6 unspecified atom stereocenters. The number of hydrogen-bond donors (Lipinski definition) is 0. The van der Waals surface area contributed by atoms with Gasteiger partial charge in [-0.15, -0.1) is 0 Å². The number of rotatable bonds is 8. The van der Waals surface area contributed by atoms with Crippen molar-refractivity contribution >= 4 is 9.84 Å². The van der Waals surface area contributed by atoms with E-state index in [0.29, 0.717) is 11.8 Å². The molecular formula is C20H38O4S. The third-order valence-corrected chi connectivity index (χ3v) is 8.80. The van der Waals surface area contributed by atoms with Gasteiger partial charge >= 0.3 is 0 Å². The molecule has 0 aromatic heterocycles. The van der Waals surface area contributed by atoms with Crippen LogP contribution in [0.3, 0.4) is 0 Å². The van der Waals surface area contributed by atoms with Gasteiger partial charge in [-0.1, -0.05) is 27.7 Å². The highest BCUT2D eigenvalue weighted by Crippen LogP contribution is 2.38. The standard InChI is InChI=1S/C20H38O4S/c1-5-11-23-19-9-7-17(13-15(19)3)25(21,22)18-8-10-20(16(4)14-18)24-12-6-2/h15-20H,5-14H2,1-4H3. The Morgan fingerprint density at radius 2 is 1.16 bits per heavy atom. The molecule has 5 heteroatoms. The minimum atomic E-state index is -3.05. The molecule has 25 heavy (non-hydrogen) atoms. The highest BCUT2D eigenvalue weighted by Gasteiger charge is 2.42. The minimum Gasteiger partial charge on any atom is -0.378 e. The molecule has 148 valence electrons. The van der Waals surface area contributed by atoms with Crippen LogP contribution in [0.1, 0.15) is 79.1 Å². The van der Waals surface area contributed by atoms with Gasteiger partial charge in [0, 0.05) is 13.2 Å². The van der Waals surface area contributed by atoms with Gasteiger partial charge in [0.1, 0.15) is 0 Å². The van der Waals surface area contributed by atoms with Gasteiger partial charge in [-0.25, -0.2) is 8.42 Å². The Balaban J connectivity index is 1.91. The molecule has 2 aliphatic carbocycles. The molecule has 0 saturated heterocycles. The Morgan fingerprint density at radius 3 is 1.48 bits per heavy atom. The van der Waals surface area contributed by atoms with Crippen LogP contribution in [0.15, 0.2) is 0 Å². The average molecular weight is 375 g/mol. The molecule has 0 aromatic carbocycles. The quantitative estimate of drug-likeness (QED) is 0.633. The molecule has 2 fully saturated rings. The van der Waals surface area contributed by atoms with Gasteiger partial charge in [0.05, 0.1) is 22.7 Å². The van der Waals surface area contributed by atoms with Crippen molar-refractivity contribution in [3.8, 4) is 0 Å². The molecule has 2 saturated carbocycles. The zero-order chi connectivity index (χ0) is 18.4. The summed E-state index contributed by atoms with van der Waals surface area (Å²) in [6.45, 7) is 10.1. The third-order valence-electron chi connectivity index (χ3n) is 6.09. The van der Waals surface area contributed by atoms with Crippen LogP contribution in [0.2, 0.25) is 0 Å². The highest BCUT2D eigenvalue weighted by molar-refractivity contribution is 7.92. The van der Waals surface area contributed by atoms with E-state index < -0.39 is 9.84 Å². The van der Waals surface area contributed by atoms with Crippen molar-refractivity contribution in [1.82, 2.24) is 0 Å². The van der Waals surface area contributed by atoms with E-state index in [1.165, 1.54) is 0 Å². The summed E-state index contributed by atoms with van der Waals surface area (Å²) >= 11 is 0. The van der Waals surface area contributed by atoms with Gasteiger partial charge < -0.3 is 9.47 Å². The molecule has 6 atom stereocenters. The van der Waals surface area contributed by atoms with E-state index in [1.54, 1.807) is 0 Å². The van der Waals surface area contributed by atoms with Crippen molar-refractivity contribution in [2.75, 3.05) is 13.2 Å². The topological polar surface area (TPSA) is 52.6 Å². The maximum absolute atomic E-state index is 13.2. The van der Waals surface area contributed by atoms with Crippen LogP contribution in [0.25, 0.3) is 0 Å². The van der Waals surface area contributed by atoms with E-state index in [4.69, 9.17) is 9.47 Å². The Kier molecular flexibility index (Phi) is 8.22. The van der Waals surface area contributed by atoms with Crippen molar-refractivity contribution in [2.45, 2.75) is 102 Å². The lowest BCUT2D eigenvalue weighted by Gasteiger charge is -2.38. The summed E-state index contributed by atoms with van der Waals surface area (Å²) in [6.07, 6.45) is 7.34. The number of hydrogen-bond acceptors (Lipinski definition) is 4. The van der Waals surface area contributed by atoms with Gasteiger partial charge in [0.15, 0.2) is 9.84 Å². The van der Waals surface area contributed by atoms with Crippen molar-refractivity contribution in [3.05, 3.63) is 0 Å². The maximum atomic E-state index is 13.2. The Bertz CT molecular complexity index is 452. The van der Waals surface area contributed by atoms with Gasteiger partial charge in [0.2, 0.25) is 0 Å². The van der Waals surface area contributed by atoms with Crippen LogP contribution >= 0.6 is 0 Å². The second kappa shape index (κ2) is 9.70. The maximum Gasteiger partial charge on any atom is 0.156 e. The summed E-state index contributed by atoms with van der Waals surface area (Å²) in [7, 11) is -3.05. The lowest BCUT2D eigenvalue weighted by atomic mass is 9.87. The second-order valence-electron chi connectivity index (χ2n) is 8.23. The third kappa shape index (κ3) is 5.43. The summed E-state index contributed by atoms with van der Waals surface area (Å²) in [5.74, 6) is 0.670. The number of ether oxygens (including phenoxy) is 2. The first kappa shape index (κ1) is 21.2. The SMILES string of the molecule is CCCOC1CCC(S(=O)(=O)C2CCC(OCCC)C(C)C2)CC1C. The molecule has 2 aliphatic rings. The average Bonchev–Trinajstić information content (AvgIpc) is 2.59. The van der Waals surface area contributed by atoms with Crippen molar-refractivity contribution in [3.63, 3.8) is 0 Å². The van der Waals surface area contributed by atoms with Crippen molar-refractivity contribution < 1.29 is 17.9 Å². The van der Waals surface area contributed by atoms with Crippen LogP contribution < -0.4 is 0 Å². The van der Waals surface area contributed by atoms with Gasteiger partial charge in [-0.3, -0.25) is 0 Å². The van der Waals surface area contributed by atoms with E-state index in [2.05, 4.69) is 27.7 Å². The lowest BCUT2D eigenvalue weighted by Crippen LogP contribution is -2.43. The molecule has 0 aromatic rings. The first-order chi connectivity index (χ1) is 11.9. The summed E-state index contributed by atoms with van der Waals surface area (Å²) in [5.41, 5.74) is 0. The predicted molar refractivity (Wildman–Crippen MR) is 103 cm³/mol. The molecule has 0 heterocycles. The Hall–Kier alpha value is -0.130. The van der Waals surface area contributed by atoms with Crippen molar-refractivity contribution in [2.24, 2.45) is 11.8 Å². The monoisotopic (exact) mass is 374 g/mol. The zero-order valence-corrected chi connectivity index (χ0v) is 17.4. The fraction of sp³-hybridized carbons (Fsp3) is 1.00. The van der Waals surface area contributed by atoms with E-state index in [1.807, 2.05) is 0 Å². The minimum absolute atomic E-state index is 0.172. The molecular weight excluding hydrogens is 336 g/mol. The molecule has 0 radical (unpaired) electrons.